The van der Waals surface area contributed by atoms with E-state index in [-0.39, 0.29) is 22.3 Å². The predicted molar refractivity (Wildman–Crippen MR) is 78.1 cm³/mol. The van der Waals surface area contributed by atoms with Gasteiger partial charge in [-0.2, -0.15) is 13.2 Å². The number of alkyl halides is 4. The molecule has 0 unspecified atom stereocenters. The molecule has 1 aromatic heterocycles. The van der Waals surface area contributed by atoms with Crippen molar-refractivity contribution in [1.29, 1.82) is 0 Å². The molecule has 0 aliphatic heterocycles. The van der Waals surface area contributed by atoms with Gasteiger partial charge in [0.25, 0.3) is 0 Å². The predicted octanol–water partition coefficient (Wildman–Crippen LogP) is 5.18. The van der Waals surface area contributed by atoms with Gasteiger partial charge in [-0.3, -0.25) is 4.57 Å². The zero-order chi connectivity index (χ0) is 16.7. The smallest absolute Gasteiger partial charge is 0.419 e. The third kappa shape index (κ3) is 3.21. The number of hydrogen-bond donors (Lipinski definition) is 0. The van der Waals surface area contributed by atoms with E-state index in [2.05, 4.69) is 0 Å². The molecule has 0 atom stereocenters. The van der Waals surface area contributed by atoms with Crippen LogP contribution in [0.3, 0.4) is 0 Å². The molecule has 0 radical (unpaired) electrons. The zero-order valence-electron chi connectivity index (χ0n) is 12.3. The fraction of sp³-hybridized carbons (Fsp3) is 0.400. The van der Waals surface area contributed by atoms with Crippen molar-refractivity contribution in [1.82, 2.24) is 4.57 Å². The lowest BCUT2D eigenvalue weighted by atomic mass is 10.1. The van der Waals surface area contributed by atoms with Gasteiger partial charge in [0.2, 0.25) is 0 Å². The van der Waals surface area contributed by atoms with E-state index in [4.69, 9.17) is 16.3 Å². The molecule has 22 heavy (non-hydrogen) atoms. The molecule has 0 saturated heterocycles. The minimum Gasteiger partial charge on any atom is -0.443 e. The van der Waals surface area contributed by atoms with E-state index in [1.807, 2.05) is 0 Å². The second kappa shape index (κ2) is 5.50. The lowest BCUT2D eigenvalue weighted by molar-refractivity contribution is -0.136. The fourth-order valence-electron chi connectivity index (χ4n) is 2.17. The number of benzene rings is 1. The van der Waals surface area contributed by atoms with Gasteiger partial charge < -0.3 is 4.74 Å². The van der Waals surface area contributed by atoms with E-state index < -0.39 is 23.4 Å². The van der Waals surface area contributed by atoms with Crippen LogP contribution in [0.25, 0.3) is 10.9 Å². The van der Waals surface area contributed by atoms with Gasteiger partial charge in [-0.1, -0.05) is 6.07 Å². The highest BCUT2D eigenvalue weighted by atomic mass is 35.5. The first-order valence-electron chi connectivity index (χ1n) is 6.54. The quantitative estimate of drug-likeness (QED) is 0.673. The molecule has 0 aliphatic rings. The van der Waals surface area contributed by atoms with Crippen LogP contribution >= 0.6 is 11.6 Å². The van der Waals surface area contributed by atoms with Crippen molar-refractivity contribution in [3.63, 3.8) is 0 Å². The Morgan fingerprint density at radius 1 is 1.27 bits per heavy atom. The van der Waals surface area contributed by atoms with Crippen molar-refractivity contribution in [3.05, 3.63) is 35.5 Å². The molecule has 3 nitrogen and oxygen atoms in total. The van der Waals surface area contributed by atoms with E-state index in [1.54, 1.807) is 20.8 Å². The summed E-state index contributed by atoms with van der Waals surface area (Å²) in [5.41, 5.74) is -1.21. The number of hydrogen-bond acceptors (Lipinski definition) is 2. The molecule has 0 spiro atoms. The number of nitrogens with zero attached hydrogens (tertiary/aromatic N) is 1. The Morgan fingerprint density at radius 2 is 1.91 bits per heavy atom. The van der Waals surface area contributed by atoms with Crippen molar-refractivity contribution < 1.29 is 22.7 Å². The maximum atomic E-state index is 13.1. The van der Waals surface area contributed by atoms with Gasteiger partial charge in [-0.15, -0.1) is 11.6 Å². The number of aromatic nitrogens is 1. The van der Waals surface area contributed by atoms with E-state index in [0.29, 0.717) is 0 Å². The van der Waals surface area contributed by atoms with Crippen LogP contribution < -0.4 is 0 Å². The molecule has 1 aromatic carbocycles. The van der Waals surface area contributed by atoms with Crippen LogP contribution in [0.4, 0.5) is 18.0 Å². The molecule has 120 valence electrons. The largest absolute Gasteiger partial charge is 0.443 e. The Hall–Kier alpha value is -1.69. The number of fused-ring (bicyclic) bond motifs is 1. The number of halogens is 4. The van der Waals surface area contributed by atoms with Gasteiger partial charge >= 0.3 is 12.3 Å². The molecule has 2 rings (SSSR count). The SMILES string of the molecule is CC(C)(C)OC(=O)n1cc(CCl)c2c(C(F)(F)F)cccc21. The van der Waals surface area contributed by atoms with Gasteiger partial charge in [0, 0.05) is 17.5 Å². The van der Waals surface area contributed by atoms with E-state index in [0.717, 1.165) is 10.6 Å². The Balaban J connectivity index is 2.67. The standard InChI is InChI=1S/C15H15ClF3NO2/c1-14(2,3)22-13(21)20-8-9(7-16)12-10(15(17,18)19)5-4-6-11(12)20/h4-6,8H,7H2,1-3H3. The number of carbonyl (C=O) groups excluding carboxylic acids is 1. The molecule has 1 heterocycles. The second-order valence-corrected chi connectivity index (χ2v) is 6.10. The van der Waals surface area contributed by atoms with E-state index in [9.17, 15) is 18.0 Å². The fourth-order valence-corrected chi connectivity index (χ4v) is 2.37. The van der Waals surface area contributed by atoms with Gasteiger partial charge in [0.1, 0.15) is 5.60 Å². The maximum absolute atomic E-state index is 13.1. The highest BCUT2D eigenvalue weighted by Crippen LogP contribution is 2.37. The molecule has 2 aromatic rings. The van der Waals surface area contributed by atoms with Crippen LogP contribution in [0.5, 0.6) is 0 Å². The second-order valence-electron chi connectivity index (χ2n) is 5.84. The lowest BCUT2D eigenvalue weighted by Gasteiger charge is -2.19. The summed E-state index contributed by atoms with van der Waals surface area (Å²) in [5, 5.41) is -0.0733. The number of carbonyl (C=O) groups is 1. The van der Waals surface area contributed by atoms with E-state index in [1.165, 1.54) is 18.3 Å². The van der Waals surface area contributed by atoms with Crippen LogP contribution in [0.1, 0.15) is 31.9 Å². The van der Waals surface area contributed by atoms with E-state index >= 15 is 0 Å². The molecule has 0 bridgehead atoms. The van der Waals surface area contributed by atoms with Crippen LogP contribution in [-0.4, -0.2) is 16.3 Å². The van der Waals surface area contributed by atoms with Crippen molar-refractivity contribution in [2.45, 2.75) is 38.4 Å². The number of rotatable bonds is 1. The third-order valence-corrected chi connectivity index (χ3v) is 3.24. The molecular weight excluding hydrogens is 319 g/mol. The summed E-state index contributed by atoms with van der Waals surface area (Å²) < 4.78 is 45.7. The maximum Gasteiger partial charge on any atom is 0.419 e. The summed E-state index contributed by atoms with van der Waals surface area (Å²) in [4.78, 5) is 12.2. The summed E-state index contributed by atoms with van der Waals surface area (Å²) in [7, 11) is 0. The number of ether oxygens (including phenoxy) is 1. The van der Waals surface area contributed by atoms with Gasteiger partial charge in [0.05, 0.1) is 11.1 Å². The van der Waals surface area contributed by atoms with Gasteiger partial charge in [-0.25, -0.2) is 4.79 Å². The molecule has 0 N–H and O–H groups in total. The monoisotopic (exact) mass is 333 g/mol. The zero-order valence-corrected chi connectivity index (χ0v) is 13.0. The summed E-state index contributed by atoms with van der Waals surface area (Å²) in [6, 6.07) is 3.66. The summed E-state index contributed by atoms with van der Waals surface area (Å²) >= 11 is 5.75. The third-order valence-electron chi connectivity index (χ3n) is 2.95. The minimum atomic E-state index is -4.53. The highest BCUT2D eigenvalue weighted by molar-refractivity contribution is 6.18. The normalized spacial score (nSPS) is 12.7. The van der Waals surface area contributed by atoms with Crippen LogP contribution in [0, 0.1) is 0 Å². The van der Waals surface area contributed by atoms with Crippen molar-refractivity contribution in [2.75, 3.05) is 0 Å². The van der Waals surface area contributed by atoms with Crippen molar-refractivity contribution >= 4 is 28.6 Å². The molecular formula is C15H15ClF3NO2. The minimum absolute atomic E-state index is 0.0733. The highest BCUT2D eigenvalue weighted by Gasteiger charge is 2.34. The van der Waals surface area contributed by atoms with Crippen molar-refractivity contribution in [2.24, 2.45) is 0 Å². The Bertz CT molecular complexity index is 714. The molecule has 0 aliphatic carbocycles. The Morgan fingerprint density at radius 3 is 2.41 bits per heavy atom. The lowest BCUT2D eigenvalue weighted by Crippen LogP contribution is -2.26. The van der Waals surface area contributed by atoms with Crippen LogP contribution in [-0.2, 0) is 16.8 Å². The molecule has 0 saturated carbocycles. The van der Waals surface area contributed by atoms with Crippen molar-refractivity contribution in [3.8, 4) is 0 Å². The average Bonchev–Trinajstić information content (AvgIpc) is 2.74. The molecule has 0 amide bonds. The summed E-state index contributed by atoms with van der Waals surface area (Å²) in [5.74, 6) is -0.139. The topological polar surface area (TPSA) is 31.2 Å². The van der Waals surface area contributed by atoms with Gasteiger partial charge in [-0.05, 0) is 38.5 Å². The first-order valence-corrected chi connectivity index (χ1v) is 7.07. The molecule has 7 heteroatoms. The average molecular weight is 334 g/mol. The summed E-state index contributed by atoms with van der Waals surface area (Å²) in [6.45, 7) is 5.04. The first-order chi connectivity index (χ1) is 10.0. The van der Waals surface area contributed by atoms with Crippen LogP contribution in [0.2, 0.25) is 0 Å². The Kier molecular flexibility index (Phi) is 4.17. The van der Waals surface area contributed by atoms with Gasteiger partial charge in [0.15, 0.2) is 0 Å². The van der Waals surface area contributed by atoms with Crippen LogP contribution in [0.15, 0.2) is 24.4 Å². The first kappa shape index (κ1) is 16.7. The molecule has 0 fully saturated rings. The Labute approximate surface area is 130 Å². The summed E-state index contributed by atoms with van der Waals surface area (Å²) in [6.07, 6.45) is -3.98.